The summed E-state index contributed by atoms with van der Waals surface area (Å²) in [5, 5.41) is 5.86. The molecule has 2 N–H and O–H groups in total. The second kappa shape index (κ2) is 11.9. The third kappa shape index (κ3) is 6.15. The minimum Gasteiger partial charge on any atom is -0.369 e. The molecule has 5 aliphatic heterocycles. The van der Waals surface area contributed by atoms with Crippen molar-refractivity contribution in [1.29, 1.82) is 0 Å². The first kappa shape index (κ1) is 26.7. The van der Waals surface area contributed by atoms with Gasteiger partial charge in [0, 0.05) is 56.9 Å². The molecule has 6 rings (SSSR count). The SMILES string of the molecule is O=C1CCC(N2Cc3cc(N4CCN(CC5CCN(CCC6CCNCC6)CC5)CC4)ccc3C2=O)C(=O)N1. The quantitative estimate of drug-likeness (QED) is 0.513. The molecule has 0 bridgehead atoms. The molecule has 39 heavy (non-hydrogen) atoms. The van der Waals surface area contributed by atoms with Gasteiger partial charge in [0.05, 0.1) is 0 Å². The van der Waals surface area contributed by atoms with Crippen LogP contribution in [0.25, 0.3) is 0 Å². The summed E-state index contributed by atoms with van der Waals surface area (Å²) in [7, 11) is 0. The van der Waals surface area contributed by atoms with Crippen LogP contribution in [0.3, 0.4) is 0 Å². The molecule has 1 atom stereocenters. The number of nitrogens with one attached hydrogen (secondary N) is 2. The molecule has 4 saturated heterocycles. The van der Waals surface area contributed by atoms with Gasteiger partial charge in [-0.15, -0.1) is 0 Å². The number of anilines is 1. The maximum atomic E-state index is 13.0. The van der Waals surface area contributed by atoms with Crippen molar-refractivity contribution < 1.29 is 14.4 Å². The van der Waals surface area contributed by atoms with Crippen LogP contribution in [0.1, 0.15) is 60.9 Å². The van der Waals surface area contributed by atoms with Crippen LogP contribution in [0, 0.1) is 11.8 Å². The van der Waals surface area contributed by atoms with Crippen LogP contribution in [0.5, 0.6) is 0 Å². The molecule has 9 heteroatoms. The lowest BCUT2D eigenvalue weighted by Crippen LogP contribution is -2.52. The van der Waals surface area contributed by atoms with Gasteiger partial charge in [-0.05, 0) is 107 Å². The number of carbonyl (C=O) groups excluding carboxylic acids is 3. The molecule has 0 aromatic heterocycles. The lowest BCUT2D eigenvalue weighted by molar-refractivity contribution is -0.136. The monoisotopic (exact) mass is 536 g/mol. The second-order valence-corrected chi connectivity index (χ2v) is 12.3. The number of rotatable bonds is 7. The van der Waals surface area contributed by atoms with Crippen molar-refractivity contribution in [3.8, 4) is 0 Å². The van der Waals surface area contributed by atoms with Crippen molar-refractivity contribution in [3.63, 3.8) is 0 Å². The van der Waals surface area contributed by atoms with E-state index in [4.69, 9.17) is 0 Å². The van der Waals surface area contributed by atoms with Crippen LogP contribution in [0.4, 0.5) is 5.69 Å². The number of piperazine rings is 1. The zero-order valence-electron chi connectivity index (χ0n) is 23.2. The van der Waals surface area contributed by atoms with E-state index in [0.717, 1.165) is 49.3 Å². The summed E-state index contributed by atoms with van der Waals surface area (Å²) in [5.74, 6) is 1.03. The fourth-order valence-corrected chi connectivity index (χ4v) is 7.24. The van der Waals surface area contributed by atoms with Gasteiger partial charge in [-0.3, -0.25) is 24.6 Å². The van der Waals surface area contributed by atoms with E-state index >= 15 is 0 Å². The van der Waals surface area contributed by atoms with Crippen LogP contribution < -0.4 is 15.5 Å². The molecular weight excluding hydrogens is 492 g/mol. The Morgan fingerprint density at radius 1 is 0.821 bits per heavy atom. The van der Waals surface area contributed by atoms with E-state index < -0.39 is 6.04 Å². The largest absolute Gasteiger partial charge is 0.369 e. The van der Waals surface area contributed by atoms with E-state index in [9.17, 15) is 14.4 Å². The third-order valence-corrected chi connectivity index (χ3v) is 9.78. The highest BCUT2D eigenvalue weighted by atomic mass is 16.2. The Bertz CT molecular complexity index is 1060. The van der Waals surface area contributed by atoms with Crippen molar-refractivity contribution in [2.75, 3.05) is 70.3 Å². The smallest absolute Gasteiger partial charge is 0.255 e. The highest BCUT2D eigenvalue weighted by Crippen LogP contribution is 2.31. The Balaban J connectivity index is 0.946. The molecule has 0 saturated carbocycles. The van der Waals surface area contributed by atoms with Crippen LogP contribution in [-0.4, -0.2) is 104 Å². The van der Waals surface area contributed by atoms with E-state index in [1.165, 1.54) is 71.4 Å². The first-order chi connectivity index (χ1) is 19.0. The number of amides is 3. The minimum absolute atomic E-state index is 0.104. The summed E-state index contributed by atoms with van der Waals surface area (Å²) in [6, 6.07) is 5.55. The van der Waals surface area contributed by atoms with E-state index in [0.29, 0.717) is 18.5 Å². The minimum atomic E-state index is -0.559. The highest BCUT2D eigenvalue weighted by molar-refractivity contribution is 6.05. The number of imide groups is 1. The number of fused-ring (bicyclic) bond motifs is 1. The summed E-state index contributed by atoms with van der Waals surface area (Å²) in [4.78, 5) is 46.3. The molecule has 0 radical (unpaired) electrons. The molecule has 0 spiro atoms. The molecule has 5 heterocycles. The standard InChI is InChI=1S/C30H44N6O3/c37-28-4-3-27(29(38)32-28)36-21-24-19-25(1-2-26(24)30(36)39)35-17-15-34(16-18-35)20-23-8-13-33(14-9-23)12-7-22-5-10-31-11-6-22/h1-2,19,22-23,27,31H,3-18,20-21H2,(H,32,37,38). The lowest BCUT2D eigenvalue weighted by atomic mass is 9.92. The highest BCUT2D eigenvalue weighted by Gasteiger charge is 2.39. The van der Waals surface area contributed by atoms with Crippen LogP contribution in [0.15, 0.2) is 18.2 Å². The van der Waals surface area contributed by atoms with Crippen molar-refractivity contribution in [1.82, 2.24) is 25.3 Å². The van der Waals surface area contributed by atoms with E-state index in [2.05, 4.69) is 37.5 Å². The summed E-state index contributed by atoms with van der Waals surface area (Å²) in [6.45, 7) is 12.0. The van der Waals surface area contributed by atoms with Crippen molar-refractivity contribution in [3.05, 3.63) is 29.3 Å². The first-order valence-electron chi connectivity index (χ1n) is 15.2. The molecule has 4 fully saturated rings. The van der Waals surface area contributed by atoms with Gasteiger partial charge in [0.2, 0.25) is 11.8 Å². The van der Waals surface area contributed by atoms with Crippen LogP contribution in [0.2, 0.25) is 0 Å². The normalized spacial score (nSPS) is 26.3. The lowest BCUT2D eigenvalue weighted by Gasteiger charge is -2.40. The van der Waals surface area contributed by atoms with Crippen molar-refractivity contribution in [2.24, 2.45) is 11.8 Å². The third-order valence-electron chi connectivity index (χ3n) is 9.78. The number of nitrogens with zero attached hydrogens (tertiary/aromatic N) is 4. The fourth-order valence-electron chi connectivity index (χ4n) is 7.24. The number of likely N-dealkylation sites (tertiary alicyclic amines) is 1. The Labute approximate surface area is 232 Å². The molecule has 1 aromatic rings. The molecule has 3 amide bonds. The number of hydrogen-bond acceptors (Lipinski definition) is 7. The van der Waals surface area contributed by atoms with E-state index in [-0.39, 0.29) is 24.1 Å². The molecule has 1 unspecified atom stereocenters. The number of carbonyl (C=O) groups is 3. The Kier molecular flexibility index (Phi) is 8.18. The summed E-state index contributed by atoms with van der Waals surface area (Å²) in [5.41, 5.74) is 2.83. The average Bonchev–Trinajstić information content (AvgIpc) is 3.29. The van der Waals surface area contributed by atoms with Gasteiger partial charge < -0.3 is 20.0 Å². The topological polar surface area (TPSA) is 88.2 Å². The summed E-state index contributed by atoms with van der Waals surface area (Å²) >= 11 is 0. The van der Waals surface area contributed by atoms with Crippen molar-refractivity contribution >= 4 is 23.4 Å². The fraction of sp³-hybridized carbons (Fsp3) is 0.700. The van der Waals surface area contributed by atoms with Gasteiger partial charge in [-0.1, -0.05) is 0 Å². The summed E-state index contributed by atoms with van der Waals surface area (Å²) in [6.07, 6.45) is 7.42. The van der Waals surface area contributed by atoms with Gasteiger partial charge in [0.15, 0.2) is 0 Å². The Hall–Kier alpha value is -2.49. The number of hydrogen-bond donors (Lipinski definition) is 2. The Morgan fingerprint density at radius 2 is 1.59 bits per heavy atom. The van der Waals surface area contributed by atoms with Gasteiger partial charge in [0.1, 0.15) is 6.04 Å². The average molecular weight is 537 g/mol. The van der Waals surface area contributed by atoms with Gasteiger partial charge in [0.25, 0.3) is 5.91 Å². The molecule has 212 valence electrons. The molecule has 1 aromatic carbocycles. The predicted molar refractivity (Wildman–Crippen MR) is 151 cm³/mol. The molecular formula is C30H44N6O3. The zero-order chi connectivity index (χ0) is 26.8. The van der Waals surface area contributed by atoms with Gasteiger partial charge in [-0.25, -0.2) is 0 Å². The molecule has 9 nitrogen and oxygen atoms in total. The van der Waals surface area contributed by atoms with Crippen LogP contribution >= 0.6 is 0 Å². The maximum absolute atomic E-state index is 13.0. The maximum Gasteiger partial charge on any atom is 0.255 e. The molecule has 5 aliphatic rings. The van der Waals surface area contributed by atoms with Crippen molar-refractivity contribution in [2.45, 2.75) is 57.5 Å². The zero-order valence-corrected chi connectivity index (χ0v) is 23.2. The van der Waals surface area contributed by atoms with E-state index in [1.54, 1.807) is 4.90 Å². The summed E-state index contributed by atoms with van der Waals surface area (Å²) < 4.78 is 0. The molecule has 0 aliphatic carbocycles. The van der Waals surface area contributed by atoms with Crippen LogP contribution in [-0.2, 0) is 16.1 Å². The van der Waals surface area contributed by atoms with E-state index in [1.807, 2.05) is 6.07 Å². The second-order valence-electron chi connectivity index (χ2n) is 12.3. The predicted octanol–water partition coefficient (Wildman–Crippen LogP) is 1.67. The first-order valence-corrected chi connectivity index (χ1v) is 15.2. The van der Waals surface area contributed by atoms with Gasteiger partial charge >= 0.3 is 0 Å². The number of benzene rings is 1. The number of piperidine rings is 3. The van der Waals surface area contributed by atoms with Gasteiger partial charge in [-0.2, -0.15) is 0 Å². The Morgan fingerprint density at radius 3 is 2.33 bits per heavy atom.